The first-order chi connectivity index (χ1) is 26.9. The minimum absolute atomic E-state index is 0.00658. The van der Waals surface area contributed by atoms with Crippen molar-refractivity contribution in [2.75, 3.05) is 0 Å². The molecule has 3 aliphatic rings. The molecule has 0 heterocycles. The van der Waals surface area contributed by atoms with Gasteiger partial charge in [0.1, 0.15) is 11.6 Å². The molecule has 56 heavy (non-hydrogen) atoms. The van der Waals surface area contributed by atoms with E-state index in [1.54, 1.807) is 6.07 Å². The normalized spacial score (nSPS) is 24.0. The maximum atomic E-state index is 14.8. The third-order valence-corrected chi connectivity index (χ3v) is 13.1. The maximum Gasteiger partial charge on any atom is 0.194 e. The van der Waals surface area contributed by atoms with Gasteiger partial charge in [-0.1, -0.05) is 76.6 Å². The van der Waals surface area contributed by atoms with E-state index < -0.39 is 46.5 Å². The molecule has 0 aromatic heterocycles. The Bertz CT molecular complexity index is 1870. The van der Waals surface area contributed by atoms with Gasteiger partial charge in [-0.05, 0) is 158 Å². The van der Waals surface area contributed by atoms with Gasteiger partial charge < -0.3 is 0 Å². The Balaban J connectivity index is 0.000000194. The highest BCUT2D eigenvalue weighted by Crippen LogP contribution is 2.45. The van der Waals surface area contributed by atoms with Gasteiger partial charge in [0.05, 0.1) is 0 Å². The number of halogens is 8. The van der Waals surface area contributed by atoms with E-state index in [1.165, 1.54) is 82.4 Å². The highest BCUT2D eigenvalue weighted by Gasteiger charge is 2.31. The predicted molar refractivity (Wildman–Crippen MR) is 208 cm³/mol. The Hall–Kier alpha value is -3.68. The fraction of sp³-hybridized carbons (Fsp3) is 0.500. The van der Waals surface area contributed by atoms with Gasteiger partial charge in [-0.2, -0.15) is 0 Å². The van der Waals surface area contributed by atoms with Crippen molar-refractivity contribution in [3.05, 3.63) is 118 Å². The van der Waals surface area contributed by atoms with Crippen LogP contribution in [0.15, 0.2) is 60.7 Å². The van der Waals surface area contributed by atoms with Crippen molar-refractivity contribution in [2.45, 2.75) is 128 Å². The zero-order valence-corrected chi connectivity index (χ0v) is 32.6. The molecule has 0 unspecified atom stereocenters. The number of hydrogen-bond acceptors (Lipinski definition) is 0. The fourth-order valence-electron chi connectivity index (χ4n) is 9.93. The van der Waals surface area contributed by atoms with Crippen LogP contribution in [-0.2, 0) is 0 Å². The molecule has 3 saturated carbocycles. The minimum atomic E-state index is -1.54. The van der Waals surface area contributed by atoms with Crippen LogP contribution in [0.25, 0.3) is 22.3 Å². The monoisotopic (exact) mass is 782 g/mol. The van der Waals surface area contributed by atoms with Crippen LogP contribution in [0.3, 0.4) is 0 Å². The first kappa shape index (κ1) is 41.9. The van der Waals surface area contributed by atoms with Gasteiger partial charge in [0.2, 0.25) is 0 Å². The molecule has 3 aliphatic carbocycles. The molecular formula is C48H54F8. The lowest BCUT2D eigenvalue weighted by Crippen LogP contribution is -2.25. The van der Waals surface area contributed by atoms with E-state index in [0.29, 0.717) is 11.8 Å². The van der Waals surface area contributed by atoms with E-state index >= 15 is 0 Å². The highest BCUT2D eigenvalue weighted by atomic mass is 19.2. The average molecular weight is 783 g/mol. The summed E-state index contributed by atoms with van der Waals surface area (Å²) in [6, 6.07) is 13.1. The largest absolute Gasteiger partial charge is 0.206 e. The van der Waals surface area contributed by atoms with Crippen LogP contribution < -0.4 is 0 Å². The minimum Gasteiger partial charge on any atom is -0.206 e. The first-order valence-electron chi connectivity index (χ1n) is 20.8. The molecule has 0 radical (unpaired) electrons. The van der Waals surface area contributed by atoms with Crippen molar-refractivity contribution in [3.8, 4) is 22.3 Å². The Labute approximate surface area is 327 Å². The molecule has 8 heteroatoms. The molecule has 7 rings (SSSR count). The summed E-state index contributed by atoms with van der Waals surface area (Å²) in [5.74, 6) is -5.32. The summed E-state index contributed by atoms with van der Waals surface area (Å²) in [4.78, 5) is 0. The quantitative estimate of drug-likeness (QED) is 0.117. The van der Waals surface area contributed by atoms with Gasteiger partial charge in [-0.15, -0.1) is 0 Å². The SMILES string of the molecule is CCCC1CCC(C2CCC(c3ccc(-c4cc(F)c(F)c(F)c4)c(F)c3)CC2)CC1.CCCC1CCC(c2ccc(-c3cc(F)c(F)c(F)c3)c(F)c2)CC1. The summed E-state index contributed by atoms with van der Waals surface area (Å²) in [5, 5.41) is 0. The van der Waals surface area contributed by atoms with Crippen LogP contribution in [0, 0.1) is 70.2 Å². The molecule has 0 nitrogen and oxygen atoms in total. The fourth-order valence-corrected chi connectivity index (χ4v) is 9.93. The first-order valence-corrected chi connectivity index (χ1v) is 20.8. The van der Waals surface area contributed by atoms with Gasteiger partial charge in [0.25, 0.3) is 0 Å². The summed E-state index contributed by atoms with van der Waals surface area (Å²) < 4.78 is 109. The lowest BCUT2D eigenvalue weighted by Gasteiger charge is -2.38. The van der Waals surface area contributed by atoms with Crippen LogP contribution in [0.5, 0.6) is 0 Å². The topological polar surface area (TPSA) is 0 Å². The van der Waals surface area contributed by atoms with E-state index in [0.717, 1.165) is 97.6 Å². The van der Waals surface area contributed by atoms with Gasteiger partial charge in [0, 0.05) is 11.1 Å². The number of benzene rings is 4. The zero-order chi connectivity index (χ0) is 39.9. The maximum absolute atomic E-state index is 14.8. The molecule has 4 aromatic carbocycles. The van der Waals surface area contributed by atoms with E-state index in [4.69, 9.17) is 0 Å². The second kappa shape index (κ2) is 19.2. The van der Waals surface area contributed by atoms with E-state index in [2.05, 4.69) is 13.8 Å². The van der Waals surface area contributed by atoms with Crippen molar-refractivity contribution in [2.24, 2.45) is 23.7 Å². The molecule has 0 spiro atoms. The summed E-state index contributed by atoms with van der Waals surface area (Å²) in [5.41, 5.74) is 2.09. The molecule has 4 aromatic rings. The molecule has 0 bridgehead atoms. The van der Waals surface area contributed by atoms with Gasteiger partial charge in [-0.25, -0.2) is 35.1 Å². The summed E-state index contributed by atoms with van der Waals surface area (Å²) in [7, 11) is 0. The Morgan fingerprint density at radius 2 is 0.714 bits per heavy atom. The van der Waals surface area contributed by atoms with Gasteiger partial charge in [0.15, 0.2) is 34.9 Å². The second-order valence-electron chi connectivity index (χ2n) is 16.7. The molecular weight excluding hydrogens is 729 g/mol. The molecule has 3 fully saturated rings. The summed E-state index contributed by atoms with van der Waals surface area (Å²) in [6.45, 7) is 4.47. The Kier molecular flexibility index (Phi) is 14.4. The van der Waals surface area contributed by atoms with Crippen LogP contribution >= 0.6 is 0 Å². The van der Waals surface area contributed by atoms with Crippen molar-refractivity contribution in [1.82, 2.24) is 0 Å². The van der Waals surface area contributed by atoms with Gasteiger partial charge in [-0.3, -0.25) is 0 Å². The molecule has 0 atom stereocenters. The Morgan fingerprint density at radius 3 is 1.05 bits per heavy atom. The second-order valence-corrected chi connectivity index (χ2v) is 16.7. The Morgan fingerprint density at radius 1 is 0.393 bits per heavy atom. The zero-order valence-electron chi connectivity index (χ0n) is 32.6. The van der Waals surface area contributed by atoms with E-state index in [-0.39, 0.29) is 22.3 Å². The van der Waals surface area contributed by atoms with Gasteiger partial charge >= 0.3 is 0 Å². The van der Waals surface area contributed by atoms with E-state index in [1.807, 2.05) is 12.1 Å². The molecule has 0 N–H and O–H groups in total. The van der Waals surface area contributed by atoms with Crippen LogP contribution in [0.2, 0.25) is 0 Å². The smallest absolute Gasteiger partial charge is 0.194 e. The van der Waals surface area contributed by atoms with Crippen LogP contribution in [-0.4, -0.2) is 0 Å². The highest BCUT2D eigenvalue weighted by molar-refractivity contribution is 5.66. The molecule has 0 amide bonds. The van der Waals surface area contributed by atoms with Crippen molar-refractivity contribution < 1.29 is 35.1 Å². The van der Waals surface area contributed by atoms with Crippen molar-refractivity contribution >= 4 is 0 Å². The third kappa shape index (κ3) is 10.1. The van der Waals surface area contributed by atoms with E-state index in [9.17, 15) is 35.1 Å². The number of rotatable bonds is 9. The predicted octanol–water partition coefficient (Wildman–Crippen LogP) is 15.8. The van der Waals surface area contributed by atoms with Crippen LogP contribution in [0.1, 0.15) is 140 Å². The average Bonchev–Trinajstić information content (AvgIpc) is 3.20. The number of hydrogen-bond donors (Lipinski definition) is 0. The molecule has 0 aliphatic heterocycles. The summed E-state index contributed by atoms with van der Waals surface area (Å²) in [6.07, 6.45) is 19.6. The lowest BCUT2D eigenvalue weighted by atomic mass is 9.68. The molecule has 0 saturated heterocycles. The third-order valence-electron chi connectivity index (χ3n) is 13.1. The molecule has 302 valence electrons. The van der Waals surface area contributed by atoms with Crippen molar-refractivity contribution in [1.29, 1.82) is 0 Å². The van der Waals surface area contributed by atoms with Crippen LogP contribution in [0.4, 0.5) is 35.1 Å². The van der Waals surface area contributed by atoms with Crippen molar-refractivity contribution in [3.63, 3.8) is 0 Å². The summed E-state index contributed by atoms with van der Waals surface area (Å²) >= 11 is 0. The lowest BCUT2D eigenvalue weighted by molar-refractivity contribution is 0.156. The standard InChI is InChI=1S/C27H32F4.C21H22F4/c1-2-3-17-4-6-18(7-5-17)19-8-10-20(11-9-19)21-12-13-23(24(28)14-21)22-15-25(29)27(31)26(30)16-22;1-2-3-13-4-6-14(7-5-13)15-8-9-17(18(22)10-15)16-11-19(23)21(25)20(24)12-16/h12-20H,2-11H2,1H3;8-14H,2-7H2,1H3.